The van der Waals surface area contributed by atoms with Crippen molar-refractivity contribution in [2.45, 2.75) is 103 Å². The van der Waals surface area contributed by atoms with Crippen molar-refractivity contribution >= 4 is 47.2 Å². The molecule has 4 saturated heterocycles. The lowest BCUT2D eigenvalue weighted by atomic mass is 9.99. The molecule has 0 aromatic heterocycles. The number of nitrogens with zero attached hydrogens (tertiary/aromatic N) is 3. The molecule has 6 rings (SSSR count). The Balaban J connectivity index is 0.000000251. The number of fused-ring (bicyclic) bond motifs is 3. The molecule has 4 fully saturated rings. The molecular weight excluding hydrogens is 800 g/mol. The summed E-state index contributed by atoms with van der Waals surface area (Å²) in [7, 11) is 3.01. The molecule has 0 radical (unpaired) electrons. The minimum absolute atomic E-state index is 0.0218. The van der Waals surface area contributed by atoms with Gasteiger partial charge >= 0.3 is 12.0 Å². The quantitative estimate of drug-likeness (QED) is 0.322. The van der Waals surface area contributed by atoms with Gasteiger partial charge in [0.05, 0.1) is 27.2 Å². The molecule has 4 heterocycles. The molecule has 2 aromatic rings. The van der Waals surface area contributed by atoms with Crippen LogP contribution in [0.4, 0.5) is 19.3 Å². The van der Waals surface area contributed by atoms with Gasteiger partial charge < -0.3 is 50.6 Å². The third-order valence-corrected chi connectivity index (χ3v) is 10.6. The first-order chi connectivity index (χ1) is 28.9. The van der Waals surface area contributed by atoms with Crippen molar-refractivity contribution in [2.75, 3.05) is 45.7 Å². The number of methoxy groups -OCH3 is 2. The predicted octanol–water partition coefficient (Wildman–Crippen LogP) is 3.02. The second-order valence-electron chi connectivity index (χ2n) is 15.6. The fourth-order valence-electron chi connectivity index (χ4n) is 7.74. The molecule has 6 atom stereocenters. The maximum atomic E-state index is 13.5. The molecule has 4 aliphatic rings. The zero-order chi connectivity index (χ0) is 45.0. The normalized spacial score (nSPS) is 24.3. The Labute approximate surface area is 353 Å². The number of anilines is 1. The molecule has 19 heteroatoms. The minimum atomic E-state index is -0.832. The van der Waals surface area contributed by atoms with Crippen LogP contribution in [0.15, 0.2) is 36.4 Å². The van der Waals surface area contributed by atoms with Crippen LogP contribution in [0.25, 0.3) is 0 Å². The van der Waals surface area contributed by atoms with Gasteiger partial charge in [0.2, 0.25) is 29.5 Å². The van der Waals surface area contributed by atoms with E-state index in [0.29, 0.717) is 68.1 Å². The SMILES string of the molecule is CC1CC2C(=O)OC(C)CC(=O)N3CCCC3C(=O)N3CCCCC3C(=O)NC(C)C(=O)N2C1.COc1ccc(NC(=O)NCC(N)=O)cc1OC.Cc1cc(F)cc(F)c1. The van der Waals surface area contributed by atoms with Crippen molar-refractivity contribution in [3.63, 3.8) is 0 Å². The lowest BCUT2D eigenvalue weighted by molar-refractivity contribution is -0.160. The second-order valence-corrected chi connectivity index (χ2v) is 15.6. The Kier molecular flexibility index (Phi) is 17.2. The van der Waals surface area contributed by atoms with Crippen LogP contribution in [0.2, 0.25) is 0 Å². The number of aryl methyl sites for hydroxylation is 1. The van der Waals surface area contributed by atoms with Gasteiger partial charge in [-0.3, -0.25) is 24.0 Å². The molecule has 0 saturated carbocycles. The number of piperidine rings is 1. The van der Waals surface area contributed by atoms with E-state index in [0.717, 1.165) is 18.9 Å². The van der Waals surface area contributed by atoms with E-state index in [1.165, 1.54) is 31.3 Å². The number of halogens is 2. The summed E-state index contributed by atoms with van der Waals surface area (Å²) in [5, 5.41) is 7.62. The molecule has 334 valence electrons. The number of benzene rings is 2. The van der Waals surface area contributed by atoms with E-state index in [2.05, 4.69) is 16.0 Å². The highest BCUT2D eigenvalue weighted by Crippen LogP contribution is 2.30. The molecule has 7 amide bonds. The van der Waals surface area contributed by atoms with E-state index in [9.17, 15) is 42.3 Å². The second kappa shape index (κ2) is 22.0. The Bertz CT molecular complexity index is 1890. The number of primary amides is 1. The van der Waals surface area contributed by atoms with Gasteiger partial charge in [0.25, 0.3) is 0 Å². The minimum Gasteiger partial charge on any atom is -0.493 e. The van der Waals surface area contributed by atoms with E-state index < -0.39 is 59.8 Å². The van der Waals surface area contributed by atoms with E-state index in [1.807, 2.05) is 6.92 Å². The summed E-state index contributed by atoms with van der Waals surface area (Å²) in [6.07, 6.45) is 3.17. The number of urea groups is 1. The number of rotatable bonds is 5. The van der Waals surface area contributed by atoms with Crippen LogP contribution < -0.4 is 31.2 Å². The number of cyclic esters (lactones) is 1. The number of nitrogens with one attached hydrogen (secondary N) is 3. The molecule has 0 aliphatic carbocycles. The van der Waals surface area contributed by atoms with Crippen LogP contribution in [0.5, 0.6) is 11.5 Å². The average molecular weight is 858 g/mol. The smallest absolute Gasteiger partial charge is 0.329 e. The molecule has 0 spiro atoms. The van der Waals surface area contributed by atoms with Crippen molar-refractivity contribution in [1.82, 2.24) is 25.3 Å². The lowest BCUT2D eigenvalue weighted by Crippen LogP contribution is -2.59. The predicted molar refractivity (Wildman–Crippen MR) is 218 cm³/mol. The Morgan fingerprint density at radius 3 is 2.13 bits per heavy atom. The average Bonchev–Trinajstić information content (AvgIpc) is 3.86. The number of carbonyl (C=O) groups excluding carboxylic acids is 7. The number of esters is 1. The van der Waals surface area contributed by atoms with Crippen LogP contribution in [0.3, 0.4) is 0 Å². The topological polar surface area (TPSA) is 219 Å². The van der Waals surface area contributed by atoms with E-state index in [1.54, 1.807) is 48.8 Å². The van der Waals surface area contributed by atoms with E-state index >= 15 is 0 Å². The van der Waals surface area contributed by atoms with Gasteiger partial charge in [0.1, 0.15) is 41.9 Å². The Hall–Kier alpha value is -6.01. The zero-order valence-electron chi connectivity index (χ0n) is 35.5. The first-order valence-electron chi connectivity index (χ1n) is 20.3. The summed E-state index contributed by atoms with van der Waals surface area (Å²) < 4.78 is 40.1. The highest BCUT2D eigenvalue weighted by Gasteiger charge is 2.44. The number of hydrogen-bond acceptors (Lipinski definition) is 10. The van der Waals surface area contributed by atoms with Crippen LogP contribution in [-0.2, 0) is 33.5 Å². The molecule has 6 unspecified atom stereocenters. The van der Waals surface area contributed by atoms with Crippen molar-refractivity contribution in [2.24, 2.45) is 11.7 Å². The third kappa shape index (κ3) is 13.2. The van der Waals surface area contributed by atoms with Gasteiger partial charge in [-0.1, -0.05) is 6.92 Å². The number of nitrogens with two attached hydrogens (primary N) is 1. The van der Waals surface area contributed by atoms with Crippen LogP contribution in [-0.4, -0.2) is 127 Å². The van der Waals surface area contributed by atoms with Gasteiger partial charge in [-0.05, 0) is 95.0 Å². The van der Waals surface area contributed by atoms with Gasteiger partial charge in [0, 0.05) is 37.5 Å². The largest absolute Gasteiger partial charge is 0.493 e. The van der Waals surface area contributed by atoms with Crippen molar-refractivity contribution in [3.8, 4) is 11.5 Å². The van der Waals surface area contributed by atoms with E-state index in [4.69, 9.17) is 19.9 Å². The standard InChI is InChI=1S/C24H36N4O6.C11H15N3O4.C7H6F2/c1-14-11-19-24(33)34-15(2)12-20(29)26-10-6-8-18(26)23(32)27-9-5-4-7-17(27)21(30)25-16(3)22(31)28(19)13-14;1-17-8-4-3-7(5-9(8)18-2)14-11(16)13-6-10(12)15;1-5-2-6(8)4-7(9)3-5/h14-19H,4-13H2,1-3H3,(H,25,30);3-5H,6H2,1-2H3,(H2,12,15)(H2,13,14,16);2-4H,1H3. The molecule has 17 nitrogen and oxygen atoms in total. The van der Waals surface area contributed by atoms with Gasteiger partial charge in [-0.15, -0.1) is 0 Å². The molecule has 4 aliphatic heterocycles. The number of amides is 7. The molecular formula is C42H57F2N7O10. The summed E-state index contributed by atoms with van der Waals surface area (Å²) in [5.74, 6) is -2.18. The lowest BCUT2D eigenvalue weighted by Gasteiger charge is -2.38. The summed E-state index contributed by atoms with van der Waals surface area (Å²) in [4.78, 5) is 92.5. The maximum absolute atomic E-state index is 13.5. The summed E-state index contributed by atoms with van der Waals surface area (Å²) in [6.45, 7) is 7.99. The highest BCUT2D eigenvalue weighted by molar-refractivity contribution is 5.96. The third-order valence-electron chi connectivity index (χ3n) is 10.6. The van der Waals surface area contributed by atoms with Gasteiger partial charge in [-0.25, -0.2) is 18.4 Å². The fourth-order valence-corrected chi connectivity index (χ4v) is 7.74. The molecule has 2 aromatic carbocycles. The Morgan fingerprint density at radius 2 is 1.49 bits per heavy atom. The summed E-state index contributed by atoms with van der Waals surface area (Å²) >= 11 is 0. The maximum Gasteiger partial charge on any atom is 0.329 e. The van der Waals surface area contributed by atoms with Crippen LogP contribution in [0.1, 0.15) is 71.3 Å². The van der Waals surface area contributed by atoms with Gasteiger partial charge in [-0.2, -0.15) is 0 Å². The van der Waals surface area contributed by atoms with E-state index in [-0.39, 0.29) is 42.5 Å². The van der Waals surface area contributed by atoms with Gasteiger partial charge in [0.15, 0.2) is 11.5 Å². The number of hydrogen-bond donors (Lipinski definition) is 4. The first-order valence-corrected chi connectivity index (χ1v) is 20.3. The number of ether oxygens (including phenoxy) is 3. The fraction of sp³-hybridized carbons (Fsp3) is 0.548. The molecule has 5 N–H and O–H groups in total. The monoisotopic (exact) mass is 857 g/mol. The summed E-state index contributed by atoms with van der Waals surface area (Å²) in [5.41, 5.74) is 6.01. The van der Waals surface area contributed by atoms with Crippen molar-refractivity contribution < 1.29 is 56.6 Å². The number of carbonyl (C=O) groups is 7. The van der Waals surface area contributed by atoms with Crippen molar-refractivity contribution in [1.29, 1.82) is 0 Å². The van der Waals surface area contributed by atoms with Crippen molar-refractivity contribution in [3.05, 3.63) is 53.6 Å². The van der Waals surface area contributed by atoms with Crippen LogP contribution in [0, 0.1) is 24.5 Å². The van der Waals surface area contributed by atoms with Crippen LogP contribution >= 0.6 is 0 Å². The zero-order valence-corrected chi connectivity index (χ0v) is 35.5. The molecule has 0 bridgehead atoms. The molecule has 61 heavy (non-hydrogen) atoms. The Morgan fingerprint density at radius 1 is 0.836 bits per heavy atom. The first kappa shape index (κ1) is 47.7. The summed E-state index contributed by atoms with van der Waals surface area (Å²) in [6, 6.07) is 4.94. The highest BCUT2D eigenvalue weighted by atomic mass is 19.1.